The van der Waals surface area contributed by atoms with Gasteiger partial charge in [-0.1, -0.05) is 49.4 Å². The summed E-state index contributed by atoms with van der Waals surface area (Å²) >= 11 is 0. The molecule has 0 bridgehead atoms. The molecule has 1 saturated heterocycles. The molecule has 1 atom stereocenters. The number of aryl methyl sites for hydroxylation is 1. The van der Waals surface area contributed by atoms with Gasteiger partial charge in [-0.3, -0.25) is 9.69 Å². The Morgan fingerprint density at radius 2 is 1.89 bits per heavy atom. The van der Waals surface area contributed by atoms with Crippen LogP contribution in [0.25, 0.3) is 0 Å². The number of hydrogen-bond acceptors (Lipinski definition) is 4. The third-order valence-electron chi connectivity index (χ3n) is 4.99. The minimum Gasteiger partial charge on any atom is -0.481 e. The molecule has 1 amide bonds. The molecule has 0 aliphatic carbocycles. The van der Waals surface area contributed by atoms with Gasteiger partial charge in [-0.25, -0.2) is 0 Å². The smallest absolute Gasteiger partial charge is 0.261 e. The number of ether oxygens (including phenoxy) is 2. The topological polar surface area (TPSA) is 50.8 Å². The normalized spacial score (nSPS) is 15.8. The molecule has 1 heterocycles. The Balaban J connectivity index is 1.51. The highest BCUT2D eigenvalue weighted by atomic mass is 16.5. The Morgan fingerprint density at radius 3 is 2.68 bits per heavy atom. The second kappa shape index (κ2) is 10.2. The van der Waals surface area contributed by atoms with Gasteiger partial charge in [-0.2, -0.15) is 0 Å². The molecule has 2 aromatic rings. The van der Waals surface area contributed by atoms with E-state index in [-0.39, 0.29) is 5.91 Å². The summed E-state index contributed by atoms with van der Waals surface area (Å²) < 4.78 is 11.3. The van der Waals surface area contributed by atoms with Gasteiger partial charge in [-0.05, 0) is 36.1 Å². The van der Waals surface area contributed by atoms with Crippen molar-refractivity contribution in [1.82, 2.24) is 10.2 Å². The zero-order valence-electron chi connectivity index (χ0n) is 16.8. The zero-order chi connectivity index (χ0) is 19.8. The Labute approximate surface area is 167 Å². The monoisotopic (exact) mass is 382 g/mol. The van der Waals surface area contributed by atoms with Gasteiger partial charge in [-0.15, -0.1) is 0 Å². The standard InChI is InChI=1S/C23H30N2O3/c1-3-21-9-4-5-10-22(21)28-18(2)23(26)24-16-19-7-6-8-20(15-19)17-25-11-13-27-14-12-25/h4-10,15,18H,3,11-14,16-17H2,1-2H3,(H,24,26)/t18-/m0/s1. The fourth-order valence-electron chi connectivity index (χ4n) is 3.34. The van der Waals surface area contributed by atoms with Crippen LogP contribution in [0.5, 0.6) is 5.75 Å². The molecular weight excluding hydrogens is 352 g/mol. The number of morpholine rings is 1. The predicted molar refractivity (Wildman–Crippen MR) is 110 cm³/mol. The first-order valence-corrected chi connectivity index (χ1v) is 10.1. The Morgan fingerprint density at radius 1 is 1.14 bits per heavy atom. The Kier molecular flexibility index (Phi) is 7.46. The van der Waals surface area contributed by atoms with Gasteiger partial charge < -0.3 is 14.8 Å². The Bertz CT molecular complexity index is 772. The molecule has 1 N–H and O–H groups in total. The second-order valence-corrected chi connectivity index (χ2v) is 7.15. The summed E-state index contributed by atoms with van der Waals surface area (Å²) in [5.41, 5.74) is 3.47. The van der Waals surface area contributed by atoms with Crippen LogP contribution >= 0.6 is 0 Å². The summed E-state index contributed by atoms with van der Waals surface area (Å²) in [6.07, 6.45) is 0.338. The number of amides is 1. The van der Waals surface area contributed by atoms with Crippen LogP contribution in [-0.4, -0.2) is 43.2 Å². The lowest BCUT2D eigenvalue weighted by atomic mass is 10.1. The van der Waals surface area contributed by atoms with Crippen molar-refractivity contribution in [2.75, 3.05) is 26.3 Å². The number of hydrogen-bond donors (Lipinski definition) is 1. The molecule has 2 aromatic carbocycles. The van der Waals surface area contributed by atoms with Crippen molar-refractivity contribution in [2.45, 2.75) is 39.5 Å². The predicted octanol–water partition coefficient (Wildman–Crippen LogP) is 3.16. The van der Waals surface area contributed by atoms with E-state index in [1.807, 2.05) is 30.3 Å². The van der Waals surface area contributed by atoms with Crippen molar-refractivity contribution in [3.05, 3.63) is 65.2 Å². The van der Waals surface area contributed by atoms with Crippen molar-refractivity contribution in [3.8, 4) is 5.75 Å². The number of carbonyl (C=O) groups is 1. The summed E-state index contributed by atoms with van der Waals surface area (Å²) in [6, 6.07) is 16.2. The number of benzene rings is 2. The molecule has 0 saturated carbocycles. The molecule has 1 fully saturated rings. The zero-order valence-corrected chi connectivity index (χ0v) is 16.8. The lowest BCUT2D eigenvalue weighted by Gasteiger charge is -2.26. The molecule has 0 aromatic heterocycles. The first-order valence-electron chi connectivity index (χ1n) is 10.1. The summed E-state index contributed by atoms with van der Waals surface area (Å²) in [5, 5.41) is 2.99. The molecular formula is C23H30N2O3. The minimum absolute atomic E-state index is 0.107. The van der Waals surface area contributed by atoms with Crippen molar-refractivity contribution in [3.63, 3.8) is 0 Å². The molecule has 150 valence electrons. The van der Waals surface area contributed by atoms with Crippen molar-refractivity contribution >= 4 is 5.91 Å². The average molecular weight is 383 g/mol. The fraction of sp³-hybridized carbons (Fsp3) is 0.435. The maximum Gasteiger partial charge on any atom is 0.261 e. The van der Waals surface area contributed by atoms with Crippen LogP contribution < -0.4 is 10.1 Å². The molecule has 28 heavy (non-hydrogen) atoms. The maximum absolute atomic E-state index is 12.5. The molecule has 5 nitrogen and oxygen atoms in total. The quantitative estimate of drug-likeness (QED) is 0.762. The first-order chi connectivity index (χ1) is 13.7. The highest BCUT2D eigenvalue weighted by Crippen LogP contribution is 2.19. The molecule has 0 radical (unpaired) electrons. The fourth-order valence-corrected chi connectivity index (χ4v) is 3.34. The Hall–Kier alpha value is -2.37. The molecule has 5 heteroatoms. The van der Waals surface area contributed by atoms with Crippen LogP contribution in [0.1, 0.15) is 30.5 Å². The highest BCUT2D eigenvalue weighted by Gasteiger charge is 2.16. The minimum atomic E-state index is -0.538. The van der Waals surface area contributed by atoms with Crippen LogP contribution in [0, 0.1) is 0 Å². The summed E-state index contributed by atoms with van der Waals surface area (Å²) in [6.45, 7) is 8.82. The van der Waals surface area contributed by atoms with Crippen molar-refractivity contribution in [1.29, 1.82) is 0 Å². The van der Waals surface area contributed by atoms with E-state index in [2.05, 4.69) is 35.3 Å². The van der Waals surface area contributed by atoms with E-state index in [0.29, 0.717) is 6.54 Å². The summed E-state index contributed by atoms with van der Waals surface area (Å²) in [4.78, 5) is 14.9. The lowest BCUT2D eigenvalue weighted by molar-refractivity contribution is -0.127. The summed E-state index contributed by atoms with van der Waals surface area (Å²) in [7, 11) is 0. The van der Waals surface area contributed by atoms with E-state index in [4.69, 9.17) is 9.47 Å². The number of para-hydroxylation sites is 1. The molecule has 3 rings (SSSR count). The van der Waals surface area contributed by atoms with Crippen LogP contribution in [0.2, 0.25) is 0 Å². The van der Waals surface area contributed by atoms with E-state index >= 15 is 0 Å². The molecule has 1 aliphatic rings. The van der Waals surface area contributed by atoms with E-state index < -0.39 is 6.10 Å². The van der Waals surface area contributed by atoms with Gasteiger partial charge >= 0.3 is 0 Å². The van der Waals surface area contributed by atoms with E-state index in [1.165, 1.54) is 5.56 Å². The first kappa shape index (κ1) is 20.4. The lowest BCUT2D eigenvalue weighted by Crippen LogP contribution is -2.36. The van der Waals surface area contributed by atoms with E-state index in [0.717, 1.165) is 56.1 Å². The van der Waals surface area contributed by atoms with Crippen LogP contribution in [0.4, 0.5) is 0 Å². The van der Waals surface area contributed by atoms with Gasteiger partial charge in [0.15, 0.2) is 6.10 Å². The van der Waals surface area contributed by atoms with Gasteiger partial charge in [0.05, 0.1) is 13.2 Å². The van der Waals surface area contributed by atoms with Gasteiger partial charge in [0.2, 0.25) is 0 Å². The van der Waals surface area contributed by atoms with Gasteiger partial charge in [0, 0.05) is 26.2 Å². The largest absolute Gasteiger partial charge is 0.481 e. The van der Waals surface area contributed by atoms with Crippen molar-refractivity contribution in [2.24, 2.45) is 0 Å². The van der Waals surface area contributed by atoms with Crippen LogP contribution in [0.3, 0.4) is 0 Å². The van der Waals surface area contributed by atoms with Gasteiger partial charge in [0.25, 0.3) is 5.91 Å². The molecule has 0 spiro atoms. The van der Waals surface area contributed by atoms with Crippen LogP contribution in [0.15, 0.2) is 48.5 Å². The highest BCUT2D eigenvalue weighted by molar-refractivity contribution is 5.80. The third kappa shape index (κ3) is 5.81. The third-order valence-corrected chi connectivity index (χ3v) is 4.99. The molecule has 1 aliphatic heterocycles. The van der Waals surface area contributed by atoms with E-state index in [9.17, 15) is 4.79 Å². The summed E-state index contributed by atoms with van der Waals surface area (Å²) in [5.74, 6) is 0.671. The SMILES string of the molecule is CCc1ccccc1O[C@@H](C)C(=O)NCc1cccc(CN2CCOCC2)c1. The second-order valence-electron chi connectivity index (χ2n) is 7.15. The number of rotatable bonds is 8. The van der Waals surface area contributed by atoms with Crippen molar-refractivity contribution < 1.29 is 14.3 Å². The van der Waals surface area contributed by atoms with E-state index in [1.54, 1.807) is 6.92 Å². The average Bonchev–Trinajstić information content (AvgIpc) is 2.73. The van der Waals surface area contributed by atoms with Crippen LogP contribution in [-0.2, 0) is 29.0 Å². The number of nitrogens with zero attached hydrogens (tertiary/aromatic N) is 1. The number of carbonyl (C=O) groups excluding carboxylic acids is 1. The molecule has 0 unspecified atom stereocenters. The number of nitrogens with one attached hydrogen (secondary N) is 1. The maximum atomic E-state index is 12.5. The van der Waals surface area contributed by atoms with Gasteiger partial charge in [0.1, 0.15) is 5.75 Å².